The second-order valence-electron chi connectivity index (χ2n) is 6.48. The average molecular weight is 323 g/mol. The maximum atomic E-state index is 11.9. The molecule has 0 aliphatic carbocycles. The summed E-state index contributed by atoms with van der Waals surface area (Å²) in [5.41, 5.74) is 7.87. The molecule has 0 unspecified atom stereocenters. The van der Waals surface area contributed by atoms with Crippen LogP contribution < -0.4 is 11.1 Å². The Morgan fingerprint density at radius 3 is 2.25 bits per heavy atom. The zero-order valence-corrected chi connectivity index (χ0v) is 14.1. The van der Waals surface area contributed by atoms with Gasteiger partial charge in [0, 0.05) is 25.2 Å². The van der Waals surface area contributed by atoms with Gasteiger partial charge in [-0.15, -0.1) is 0 Å². The third-order valence-corrected chi connectivity index (χ3v) is 4.87. The van der Waals surface area contributed by atoms with E-state index in [2.05, 4.69) is 41.4 Å². The summed E-state index contributed by atoms with van der Waals surface area (Å²) < 4.78 is 0. The van der Waals surface area contributed by atoms with Crippen molar-refractivity contribution < 1.29 is 4.79 Å². The highest BCUT2D eigenvalue weighted by atomic mass is 16.1. The molecule has 0 aromatic heterocycles. The van der Waals surface area contributed by atoms with Gasteiger partial charge in [-0.3, -0.25) is 15.0 Å². The first kappa shape index (κ1) is 16.7. The van der Waals surface area contributed by atoms with Crippen molar-refractivity contribution in [1.82, 2.24) is 10.2 Å². The molecule has 3 rings (SSSR count). The summed E-state index contributed by atoms with van der Waals surface area (Å²) in [7, 11) is 0. The zero-order valence-electron chi connectivity index (χ0n) is 14.1. The lowest BCUT2D eigenvalue weighted by molar-refractivity contribution is -0.120. The molecule has 0 bridgehead atoms. The first-order valence-corrected chi connectivity index (χ1v) is 8.54. The van der Waals surface area contributed by atoms with Gasteiger partial charge < -0.3 is 5.73 Å². The lowest BCUT2D eigenvalue weighted by Crippen LogP contribution is -2.41. The van der Waals surface area contributed by atoms with E-state index in [9.17, 15) is 4.79 Å². The number of amides is 1. The summed E-state index contributed by atoms with van der Waals surface area (Å²) in [6.45, 7) is 4.18. The molecular formula is C20H25N3O. The summed E-state index contributed by atoms with van der Waals surface area (Å²) in [5, 5.41) is 3.45. The van der Waals surface area contributed by atoms with Gasteiger partial charge in [0.25, 0.3) is 0 Å². The SMILES string of the molecule is C[C@H](c1ccccc1)N1CC[C@@H](N[C@H](C(N)=O)c2ccccc2)C1. The second kappa shape index (κ2) is 7.60. The predicted molar refractivity (Wildman–Crippen MR) is 96.3 cm³/mol. The van der Waals surface area contributed by atoms with Crippen LogP contribution in [0.2, 0.25) is 0 Å². The molecule has 3 N–H and O–H groups in total. The number of hydrogen-bond acceptors (Lipinski definition) is 3. The van der Waals surface area contributed by atoms with E-state index in [0.29, 0.717) is 6.04 Å². The summed E-state index contributed by atoms with van der Waals surface area (Å²) >= 11 is 0. The minimum absolute atomic E-state index is 0.272. The fourth-order valence-electron chi connectivity index (χ4n) is 3.44. The Hall–Kier alpha value is -2.17. The molecule has 1 heterocycles. The monoisotopic (exact) mass is 323 g/mol. The average Bonchev–Trinajstić information content (AvgIpc) is 3.09. The molecular weight excluding hydrogens is 298 g/mol. The number of benzene rings is 2. The molecule has 1 fully saturated rings. The van der Waals surface area contributed by atoms with Gasteiger partial charge in [-0.2, -0.15) is 0 Å². The van der Waals surface area contributed by atoms with E-state index >= 15 is 0 Å². The van der Waals surface area contributed by atoms with Gasteiger partial charge in [-0.25, -0.2) is 0 Å². The molecule has 24 heavy (non-hydrogen) atoms. The molecule has 126 valence electrons. The third kappa shape index (κ3) is 3.83. The van der Waals surface area contributed by atoms with Crippen molar-refractivity contribution in [2.24, 2.45) is 5.73 Å². The van der Waals surface area contributed by atoms with Crippen molar-refractivity contribution >= 4 is 5.91 Å². The van der Waals surface area contributed by atoms with E-state index in [0.717, 1.165) is 25.1 Å². The Morgan fingerprint density at radius 2 is 1.67 bits per heavy atom. The van der Waals surface area contributed by atoms with E-state index in [1.54, 1.807) is 0 Å². The highest BCUT2D eigenvalue weighted by molar-refractivity contribution is 5.81. The minimum atomic E-state index is -0.428. The lowest BCUT2D eigenvalue weighted by atomic mass is 10.0. The number of carbonyl (C=O) groups excluding carboxylic acids is 1. The van der Waals surface area contributed by atoms with Gasteiger partial charge in [-0.1, -0.05) is 60.7 Å². The quantitative estimate of drug-likeness (QED) is 0.859. The first-order chi connectivity index (χ1) is 11.6. The van der Waals surface area contributed by atoms with E-state index in [-0.39, 0.29) is 11.9 Å². The van der Waals surface area contributed by atoms with Crippen molar-refractivity contribution in [2.45, 2.75) is 31.5 Å². The predicted octanol–water partition coefficient (Wildman–Crippen LogP) is 2.64. The Kier molecular flexibility index (Phi) is 5.28. The van der Waals surface area contributed by atoms with Gasteiger partial charge in [0.15, 0.2) is 0 Å². The number of nitrogens with two attached hydrogens (primary N) is 1. The van der Waals surface area contributed by atoms with Crippen molar-refractivity contribution in [2.75, 3.05) is 13.1 Å². The van der Waals surface area contributed by atoms with Gasteiger partial charge in [0.1, 0.15) is 6.04 Å². The minimum Gasteiger partial charge on any atom is -0.368 e. The number of primary amides is 1. The van der Waals surface area contributed by atoms with E-state index in [1.165, 1.54) is 5.56 Å². The van der Waals surface area contributed by atoms with Gasteiger partial charge in [0.2, 0.25) is 5.91 Å². The Bertz CT molecular complexity index is 659. The fourth-order valence-corrected chi connectivity index (χ4v) is 3.44. The van der Waals surface area contributed by atoms with Crippen LogP contribution in [-0.2, 0) is 4.79 Å². The summed E-state index contributed by atoms with van der Waals surface area (Å²) in [6, 6.07) is 20.5. The molecule has 3 atom stereocenters. The maximum Gasteiger partial charge on any atom is 0.239 e. The molecule has 4 nitrogen and oxygen atoms in total. The second-order valence-corrected chi connectivity index (χ2v) is 6.48. The molecule has 2 aromatic rings. The zero-order chi connectivity index (χ0) is 16.9. The standard InChI is InChI=1S/C20H25N3O/c1-15(16-8-4-2-5-9-16)23-13-12-18(14-23)22-19(20(21)24)17-10-6-3-7-11-17/h2-11,15,18-19,22H,12-14H2,1H3,(H2,21,24)/t15-,18-,19+/m1/s1. The summed E-state index contributed by atoms with van der Waals surface area (Å²) in [5.74, 6) is -0.323. The molecule has 4 heteroatoms. The number of rotatable bonds is 6. The molecule has 1 amide bonds. The molecule has 0 spiro atoms. The number of carbonyl (C=O) groups is 1. The number of nitrogens with one attached hydrogen (secondary N) is 1. The van der Waals surface area contributed by atoms with E-state index < -0.39 is 6.04 Å². The van der Waals surface area contributed by atoms with Crippen LogP contribution in [0.3, 0.4) is 0 Å². The molecule has 1 saturated heterocycles. The molecule has 1 aliphatic rings. The third-order valence-electron chi connectivity index (χ3n) is 4.87. The molecule has 0 radical (unpaired) electrons. The maximum absolute atomic E-state index is 11.9. The lowest BCUT2D eigenvalue weighted by Gasteiger charge is -2.26. The van der Waals surface area contributed by atoms with Crippen LogP contribution in [0, 0.1) is 0 Å². The Balaban J connectivity index is 1.64. The Labute approximate surface area is 143 Å². The van der Waals surface area contributed by atoms with Crippen LogP contribution in [0.1, 0.15) is 36.6 Å². The van der Waals surface area contributed by atoms with Crippen LogP contribution in [0.4, 0.5) is 0 Å². The highest BCUT2D eigenvalue weighted by Crippen LogP contribution is 2.25. The van der Waals surface area contributed by atoms with E-state index in [4.69, 9.17) is 5.73 Å². The van der Waals surface area contributed by atoms with Gasteiger partial charge in [-0.05, 0) is 24.5 Å². The molecule has 2 aromatic carbocycles. The van der Waals surface area contributed by atoms with Crippen molar-refractivity contribution in [1.29, 1.82) is 0 Å². The van der Waals surface area contributed by atoms with Crippen LogP contribution in [0.25, 0.3) is 0 Å². The first-order valence-electron chi connectivity index (χ1n) is 8.54. The van der Waals surface area contributed by atoms with E-state index in [1.807, 2.05) is 36.4 Å². The van der Waals surface area contributed by atoms with Gasteiger partial charge >= 0.3 is 0 Å². The molecule has 1 aliphatic heterocycles. The summed E-state index contributed by atoms with van der Waals surface area (Å²) in [4.78, 5) is 14.3. The van der Waals surface area contributed by atoms with Crippen LogP contribution >= 0.6 is 0 Å². The number of likely N-dealkylation sites (tertiary alicyclic amines) is 1. The molecule has 0 saturated carbocycles. The van der Waals surface area contributed by atoms with Crippen molar-refractivity contribution in [3.63, 3.8) is 0 Å². The van der Waals surface area contributed by atoms with Crippen LogP contribution in [-0.4, -0.2) is 29.9 Å². The fraction of sp³-hybridized carbons (Fsp3) is 0.350. The number of hydrogen-bond donors (Lipinski definition) is 2. The largest absolute Gasteiger partial charge is 0.368 e. The number of nitrogens with zero attached hydrogens (tertiary/aromatic N) is 1. The van der Waals surface area contributed by atoms with Crippen molar-refractivity contribution in [3.8, 4) is 0 Å². The smallest absolute Gasteiger partial charge is 0.239 e. The Morgan fingerprint density at radius 1 is 1.08 bits per heavy atom. The normalized spacial score (nSPS) is 20.6. The highest BCUT2D eigenvalue weighted by Gasteiger charge is 2.30. The topological polar surface area (TPSA) is 58.4 Å². The summed E-state index contributed by atoms with van der Waals surface area (Å²) in [6.07, 6.45) is 1.02. The van der Waals surface area contributed by atoms with Crippen LogP contribution in [0.15, 0.2) is 60.7 Å². The van der Waals surface area contributed by atoms with Crippen LogP contribution in [0.5, 0.6) is 0 Å². The van der Waals surface area contributed by atoms with Gasteiger partial charge in [0.05, 0.1) is 0 Å². The van der Waals surface area contributed by atoms with Crippen molar-refractivity contribution in [3.05, 3.63) is 71.8 Å².